The number of benzene rings is 1. The van der Waals surface area contributed by atoms with Gasteiger partial charge in [-0.1, -0.05) is 6.07 Å². The maximum atomic E-state index is 5.97. The summed E-state index contributed by atoms with van der Waals surface area (Å²) < 4.78 is 16.4. The molecular weight excluding hydrogens is 483 g/mol. The molecule has 2 rings (SSSR count). The summed E-state index contributed by atoms with van der Waals surface area (Å²) in [5, 5.41) is 6.92. The number of rotatable bonds is 10. The Hall–Kier alpha value is -1.26. The normalized spacial score (nSPS) is 16.6. The van der Waals surface area contributed by atoms with E-state index in [9.17, 15) is 0 Å². The summed E-state index contributed by atoms with van der Waals surface area (Å²) in [7, 11) is 3.41. The van der Waals surface area contributed by atoms with Crippen molar-refractivity contribution < 1.29 is 14.2 Å². The van der Waals surface area contributed by atoms with Crippen molar-refractivity contribution in [1.29, 1.82) is 0 Å². The summed E-state index contributed by atoms with van der Waals surface area (Å²) in [5.41, 5.74) is 0. The molecule has 0 radical (unpaired) electrons. The van der Waals surface area contributed by atoms with Crippen molar-refractivity contribution in [3.8, 4) is 11.5 Å². The zero-order valence-corrected chi connectivity index (χ0v) is 20.5. The number of halogens is 1. The van der Waals surface area contributed by atoms with Crippen molar-refractivity contribution in [1.82, 2.24) is 15.5 Å². The van der Waals surface area contributed by atoms with Gasteiger partial charge < -0.3 is 29.7 Å². The quantitative estimate of drug-likeness (QED) is 0.281. The van der Waals surface area contributed by atoms with Gasteiger partial charge in [0.25, 0.3) is 0 Å². The molecule has 0 bridgehead atoms. The second-order valence-electron chi connectivity index (χ2n) is 7.08. The highest BCUT2D eigenvalue weighted by atomic mass is 127. The number of likely N-dealkylation sites (tertiary alicyclic amines) is 1. The van der Waals surface area contributed by atoms with E-state index < -0.39 is 0 Å². The van der Waals surface area contributed by atoms with Crippen LogP contribution in [0.3, 0.4) is 0 Å². The van der Waals surface area contributed by atoms with Crippen LogP contribution >= 0.6 is 24.0 Å². The molecule has 1 heterocycles. The SMILES string of the molecule is CCNC(=NCC(C)Oc1cccc(OC)c1)NC1CCN(CCOC)CC1.I. The molecule has 166 valence electrons. The number of piperidine rings is 1. The van der Waals surface area contributed by atoms with Gasteiger partial charge >= 0.3 is 0 Å². The maximum Gasteiger partial charge on any atom is 0.191 e. The first-order valence-corrected chi connectivity index (χ1v) is 10.2. The molecule has 0 amide bonds. The van der Waals surface area contributed by atoms with E-state index in [0.717, 1.165) is 63.1 Å². The van der Waals surface area contributed by atoms with Crippen LogP contribution in [0.2, 0.25) is 0 Å². The Bertz CT molecular complexity index is 595. The smallest absolute Gasteiger partial charge is 0.191 e. The number of methoxy groups -OCH3 is 2. The van der Waals surface area contributed by atoms with Crippen LogP contribution < -0.4 is 20.1 Å². The van der Waals surface area contributed by atoms with E-state index >= 15 is 0 Å². The van der Waals surface area contributed by atoms with Gasteiger partial charge in [-0.3, -0.25) is 0 Å². The molecule has 1 fully saturated rings. The van der Waals surface area contributed by atoms with E-state index in [0.29, 0.717) is 12.6 Å². The molecule has 8 heteroatoms. The van der Waals surface area contributed by atoms with Crippen LogP contribution in [-0.4, -0.2) is 76.6 Å². The van der Waals surface area contributed by atoms with Gasteiger partial charge in [0.2, 0.25) is 0 Å². The van der Waals surface area contributed by atoms with Crippen molar-refractivity contribution in [3.05, 3.63) is 24.3 Å². The summed E-state index contributed by atoms with van der Waals surface area (Å²) in [6.45, 7) is 9.53. The number of guanidine groups is 1. The first-order valence-electron chi connectivity index (χ1n) is 10.2. The molecule has 0 spiro atoms. The van der Waals surface area contributed by atoms with E-state index in [1.54, 1.807) is 14.2 Å². The summed E-state index contributed by atoms with van der Waals surface area (Å²) in [6.07, 6.45) is 2.20. The summed E-state index contributed by atoms with van der Waals surface area (Å²) in [4.78, 5) is 7.17. The average Bonchev–Trinajstić information content (AvgIpc) is 2.72. The lowest BCUT2D eigenvalue weighted by Crippen LogP contribution is -2.49. The van der Waals surface area contributed by atoms with E-state index in [1.807, 2.05) is 31.2 Å². The number of hydrogen-bond acceptors (Lipinski definition) is 5. The molecule has 29 heavy (non-hydrogen) atoms. The Morgan fingerprint density at radius 2 is 1.97 bits per heavy atom. The first kappa shape index (κ1) is 25.8. The Morgan fingerprint density at radius 3 is 2.62 bits per heavy atom. The first-order chi connectivity index (χ1) is 13.6. The molecule has 1 unspecified atom stereocenters. The molecule has 2 N–H and O–H groups in total. The van der Waals surface area contributed by atoms with Gasteiger partial charge in [-0.15, -0.1) is 24.0 Å². The highest BCUT2D eigenvalue weighted by Gasteiger charge is 2.19. The zero-order chi connectivity index (χ0) is 20.2. The van der Waals surface area contributed by atoms with Crippen molar-refractivity contribution in [3.63, 3.8) is 0 Å². The van der Waals surface area contributed by atoms with Crippen LogP contribution in [0.1, 0.15) is 26.7 Å². The van der Waals surface area contributed by atoms with Gasteiger partial charge in [-0.2, -0.15) is 0 Å². The third-order valence-corrected chi connectivity index (χ3v) is 4.77. The van der Waals surface area contributed by atoms with Gasteiger partial charge in [0, 0.05) is 45.4 Å². The van der Waals surface area contributed by atoms with Gasteiger partial charge in [0.05, 0.1) is 20.3 Å². The number of aliphatic imine (C=N–C) groups is 1. The Balaban J connectivity index is 0.00000420. The second kappa shape index (κ2) is 14.7. The zero-order valence-electron chi connectivity index (χ0n) is 18.1. The highest BCUT2D eigenvalue weighted by molar-refractivity contribution is 14.0. The monoisotopic (exact) mass is 520 g/mol. The van der Waals surface area contributed by atoms with Gasteiger partial charge in [0.15, 0.2) is 5.96 Å². The van der Waals surface area contributed by atoms with Crippen molar-refractivity contribution >= 4 is 29.9 Å². The molecule has 1 aliphatic rings. The maximum absolute atomic E-state index is 5.97. The molecule has 0 aromatic heterocycles. The average molecular weight is 520 g/mol. The van der Waals surface area contributed by atoms with E-state index in [4.69, 9.17) is 19.2 Å². The summed E-state index contributed by atoms with van der Waals surface area (Å²) in [6, 6.07) is 8.11. The molecule has 1 saturated heterocycles. The minimum Gasteiger partial charge on any atom is -0.497 e. The van der Waals surface area contributed by atoms with Gasteiger partial charge in [0.1, 0.15) is 17.6 Å². The predicted molar refractivity (Wildman–Crippen MR) is 129 cm³/mol. The van der Waals surface area contributed by atoms with E-state index in [1.165, 1.54) is 0 Å². The van der Waals surface area contributed by atoms with Crippen LogP contribution in [0.15, 0.2) is 29.3 Å². The van der Waals surface area contributed by atoms with Crippen LogP contribution in [-0.2, 0) is 4.74 Å². The minimum absolute atomic E-state index is 0. The molecule has 0 saturated carbocycles. The molecule has 1 aromatic carbocycles. The molecule has 1 aromatic rings. The second-order valence-corrected chi connectivity index (χ2v) is 7.08. The molecule has 1 aliphatic heterocycles. The number of ether oxygens (including phenoxy) is 3. The Morgan fingerprint density at radius 1 is 1.24 bits per heavy atom. The van der Waals surface area contributed by atoms with Crippen LogP contribution in [0.4, 0.5) is 0 Å². The lowest BCUT2D eigenvalue weighted by atomic mass is 10.1. The third-order valence-electron chi connectivity index (χ3n) is 4.77. The fraction of sp³-hybridized carbons (Fsp3) is 0.667. The van der Waals surface area contributed by atoms with Crippen LogP contribution in [0, 0.1) is 0 Å². The van der Waals surface area contributed by atoms with Gasteiger partial charge in [-0.25, -0.2) is 4.99 Å². The summed E-state index contributed by atoms with van der Waals surface area (Å²) in [5.74, 6) is 2.45. The number of nitrogens with zero attached hydrogens (tertiary/aromatic N) is 2. The molecule has 1 atom stereocenters. The Kier molecular flexibility index (Phi) is 13.0. The van der Waals surface area contributed by atoms with Crippen LogP contribution in [0.5, 0.6) is 11.5 Å². The standard InChI is InChI=1S/C21H36N4O3.HI/c1-5-22-21(24-18-9-11-25(12-10-18)13-14-26-3)23-16-17(2)28-20-8-6-7-19(15-20)27-4;/h6-8,15,17-18H,5,9-14,16H2,1-4H3,(H2,22,23,24);1H. The predicted octanol–water partition coefficient (Wildman–Crippen LogP) is 2.75. The highest BCUT2D eigenvalue weighted by Crippen LogP contribution is 2.20. The van der Waals surface area contributed by atoms with Crippen molar-refractivity contribution in [2.75, 3.05) is 53.6 Å². The Labute approximate surface area is 192 Å². The molecule has 0 aliphatic carbocycles. The topological polar surface area (TPSA) is 67.4 Å². The largest absolute Gasteiger partial charge is 0.497 e. The minimum atomic E-state index is -0.0292. The van der Waals surface area contributed by atoms with Crippen LogP contribution in [0.25, 0.3) is 0 Å². The van der Waals surface area contributed by atoms with E-state index in [-0.39, 0.29) is 30.1 Å². The number of nitrogens with one attached hydrogen (secondary N) is 2. The lowest BCUT2D eigenvalue weighted by Gasteiger charge is -2.32. The van der Waals surface area contributed by atoms with Crippen molar-refractivity contribution in [2.45, 2.75) is 38.8 Å². The fourth-order valence-corrected chi connectivity index (χ4v) is 3.20. The van der Waals surface area contributed by atoms with Crippen molar-refractivity contribution in [2.24, 2.45) is 4.99 Å². The lowest BCUT2D eigenvalue weighted by molar-refractivity contribution is 0.128. The fourth-order valence-electron chi connectivity index (χ4n) is 3.20. The number of hydrogen-bond donors (Lipinski definition) is 2. The third kappa shape index (κ3) is 9.86. The van der Waals surface area contributed by atoms with E-state index in [2.05, 4.69) is 22.5 Å². The summed E-state index contributed by atoms with van der Waals surface area (Å²) >= 11 is 0. The van der Waals surface area contributed by atoms with Gasteiger partial charge in [-0.05, 0) is 38.8 Å². The molecular formula is C21H37IN4O3. The molecule has 7 nitrogen and oxygen atoms in total.